The predicted molar refractivity (Wildman–Crippen MR) is 48.9 cm³/mol. The molecule has 0 aromatic heterocycles. The van der Waals surface area contributed by atoms with Crippen LogP contribution >= 0.6 is 0 Å². The molecule has 0 saturated carbocycles. The molecule has 0 amide bonds. The van der Waals surface area contributed by atoms with E-state index in [0.717, 1.165) is 6.92 Å². The number of carbonyl (C=O) groups is 2. The van der Waals surface area contributed by atoms with Gasteiger partial charge in [0.05, 0.1) is 5.56 Å². The van der Waals surface area contributed by atoms with Gasteiger partial charge in [0.15, 0.2) is 0 Å². The molecule has 15 heavy (non-hydrogen) atoms. The quantitative estimate of drug-likeness (QED) is 0.541. The van der Waals surface area contributed by atoms with Gasteiger partial charge in [0.2, 0.25) is 0 Å². The molecule has 1 aromatic rings. The van der Waals surface area contributed by atoms with Crippen LogP contribution in [0.3, 0.4) is 0 Å². The zero-order valence-electron chi connectivity index (χ0n) is 7.91. The highest BCUT2D eigenvalue weighted by atomic mass is 17.1. The maximum Gasteiger partial charge on any atom is 0.372 e. The highest BCUT2D eigenvalue weighted by Crippen LogP contribution is 1.98. The Morgan fingerprint density at radius 2 is 1.53 bits per heavy atom. The highest BCUT2D eigenvalue weighted by molar-refractivity contribution is 5.88. The fraction of sp³-hybridized carbons (Fsp3) is 0.111. The van der Waals surface area contributed by atoms with Crippen LogP contribution in [0.5, 0.6) is 0 Å². The van der Waals surface area contributed by atoms with Crippen molar-refractivity contribution in [1.82, 2.24) is 0 Å². The van der Waals surface area contributed by atoms with Crippen molar-refractivity contribution in [1.29, 1.82) is 0 Å². The highest BCUT2D eigenvalue weighted by Gasteiger charge is 2.02. The van der Waals surface area contributed by atoms with Crippen LogP contribution in [0, 0.1) is 0 Å². The van der Waals surface area contributed by atoms with E-state index in [1.165, 1.54) is 0 Å². The van der Waals surface area contributed by atoms with Crippen molar-refractivity contribution >= 4 is 11.9 Å². The fourth-order valence-electron chi connectivity index (χ4n) is 0.627. The molecule has 0 spiro atoms. The summed E-state index contributed by atoms with van der Waals surface area (Å²) in [5.74, 6) is -1.43. The van der Waals surface area contributed by atoms with Crippen LogP contribution in [0.1, 0.15) is 17.3 Å². The van der Waals surface area contributed by atoms with Crippen molar-refractivity contribution in [2.75, 3.05) is 0 Å². The zero-order chi connectivity index (χ0) is 11.7. The van der Waals surface area contributed by atoms with E-state index in [2.05, 4.69) is 9.78 Å². The van der Waals surface area contributed by atoms with Crippen molar-refractivity contribution in [3.63, 3.8) is 0 Å². The molecule has 0 fully saturated rings. The van der Waals surface area contributed by atoms with E-state index >= 15 is 0 Å². The number of hydrogen-bond donors (Lipinski definition) is 2. The minimum atomic E-state index is -0.736. The summed E-state index contributed by atoms with van der Waals surface area (Å²) in [5, 5.41) is 15.2. The summed E-state index contributed by atoms with van der Waals surface area (Å²) >= 11 is 0. The Balaban J connectivity index is 0.000000336. The number of hydrogen-bond acceptors (Lipinski definition) is 6. The van der Waals surface area contributed by atoms with Gasteiger partial charge in [-0.1, -0.05) is 18.2 Å². The molecular weight excluding hydrogens is 204 g/mol. The largest absolute Gasteiger partial charge is 0.372 e. The normalized spacial score (nSPS) is 8.20. The molecule has 1 rings (SSSR count). The van der Waals surface area contributed by atoms with Crippen molar-refractivity contribution in [3.05, 3.63) is 35.9 Å². The molecule has 6 heteroatoms. The van der Waals surface area contributed by atoms with Crippen molar-refractivity contribution in [2.24, 2.45) is 0 Å². The van der Waals surface area contributed by atoms with Gasteiger partial charge < -0.3 is 4.89 Å². The minimum Gasteiger partial charge on any atom is -0.301 e. The molecule has 1 aromatic carbocycles. The molecule has 0 aliphatic heterocycles. The average Bonchev–Trinajstić information content (AvgIpc) is 2.30. The molecule has 0 unspecified atom stereocenters. The summed E-state index contributed by atoms with van der Waals surface area (Å²) in [6.45, 7) is 1.11. The summed E-state index contributed by atoms with van der Waals surface area (Å²) in [5.41, 5.74) is 0.338. The average molecular weight is 214 g/mol. The SMILES string of the molecule is CC(=O)OO.O=C(OO)c1ccccc1. The lowest BCUT2D eigenvalue weighted by Crippen LogP contribution is -2.00. The van der Waals surface area contributed by atoms with Gasteiger partial charge in [-0.15, -0.1) is 0 Å². The van der Waals surface area contributed by atoms with Crippen LogP contribution in [0.25, 0.3) is 0 Å². The topological polar surface area (TPSA) is 93.1 Å². The van der Waals surface area contributed by atoms with Crippen molar-refractivity contribution < 1.29 is 29.9 Å². The molecule has 0 saturated heterocycles. The summed E-state index contributed by atoms with van der Waals surface area (Å²) in [4.78, 5) is 26.5. The van der Waals surface area contributed by atoms with Gasteiger partial charge in [0.25, 0.3) is 0 Å². The first-order chi connectivity index (χ1) is 7.11. The second kappa shape index (κ2) is 7.48. The lowest BCUT2D eigenvalue weighted by molar-refractivity contribution is -0.231. The van der Waals surface area contributed by atoms with Crippen LogP contribution < -0.4 is 0 Å². The molecular formula is C9H10O6. The number of carbonyl (C=O) groups excluding carboxylic acids is 2. The maximum atomic E-state index is 10.5. The van der Waals surface area contributed by atoms with Gasteiger partial charge in [0.1, 0.15) is 0 Å². The van der Waals surface area contributed by atoms with E-state index in [9.17, 15) is 9.59 Å². The Bertz CT molecular complexity index is 308. The van der Waals surface area contributed by atoms with E-state index in [-0.39, 0.29) is 0 Å². The van der Waals surface area contributed by atoms with Gasteiger partial charge in [-0.2, -0.15) is 10.5 Å². The Kier molecular flexibility index (Phi) is 6.52. The van der Waals surface area contributed by atoms with Gasteiger partial charge in [0, 0.05) is 6.92 Å². The summed E-state index contributed by atoms with van der Waals surface area (Å²) in [6, 6.07) is 8.25. The van der Waals surface area contributed by atoms with Crippen molar-refractivity contribution in [2.45, 2.75) is 6.92 Å². The second-order valence-corrected chi connectivity index (χ2v) is 2.33. The molecule has 82 valence electrons. The van der Waals surface area contributed by atoms with E-state index in [0.29, 0.717) is 5.56 Å². The molecule has 6 nitrogen and oxygen atoms in total. The van der Waals surface area contributed by atoms with E-state index in [1.807, 2.05) is 0 Å². The Morgan fingerprint density at radius 3 is 1.87 bits per heavy atom. The molecule has 0 atom stereocenters. The third kappa shape index (κ3) is 6.19. The van der Waals surface area contributed by atoms with Gasteiger partial charge in [-0.3, -0.25) is 4.89 Å². The molecule has 0 bridgehead atoms. The molecule has 0 aliphatic carbocycles. The van der Waals surface area contributed by atoms with Crippen LogP contribution in [-0.2, 0) is 14.6 Å². The molecule has 2 N–H and O–H groups in total. The van der Waals surface area contributed by atoms with Crippen LogP contribution in [0.15, 0.2) is 30.3 Å². The smallest absolute Gasteiger partial charge is 0.301 e. The zero-order valence-corrected chi connectivity index (χ0v) is 7.91. The summed E-state index contributed by atoms with van der Waals surface area (Å²) in [7, 11) is 0. The second-order valence-electron chi connectivity index (χ2n) is 2.33. The molecule has 0 radical (unpaired) electrons. The molecule has 0 heterocycles. The number of benzene rings is 1. The van der Waals surface area contributed by atoms with Gasteiger partial charge in [-0.25, -0.2) is 9.59 Å². The van der Waals surface area contributed by atoms with Crippen LogP contribution in [0.2, 0.25) is 0 Å². The Hall–Kier alpha value is -1.92. The first kappa shape index (κ1) is 13.1. The monoisotopic (exact) mass is 214 g/mol. The van der Waals surface area contributed by atoms with Crippen LogP contribution in [0.4, 0.5) is 0 Å². The first-order valence-electron chi connectivity index (χ1n) is 3.84. The van der Waals surface area contributed by atoms with Gasteiger partial charge in [-0.05, 0) is 12.1 Å². The lowest BCUT2D eigenvalue weighted by atomic mass is 10.2. The van der Waals surface area contributed by atoms with Crippen LogP contribution in [-0.4, -0.2) is 22.5 Å². The summed E-state index contributed by atoms with van der Waals surface area (Å²) in [6.07, 6.45) is 0. The standard InChI is InChI=1S/C7H6O3.C2H4O3/c8-7(10-9)6-4-2-1-3-5-6;1-2(3)5-4/h1-5,9H;4H,1H3. The third-order valence-electron chi connectivity index (χ3n) is 1.22. The minimum absolute atomic E-state index is 0.338. The number of rotatable bonds is 1. The summed E-state index contributed by atoms with van der Waals surface area (Å²) < 4.78 is 0. The third-order valence-corrected chi connectivity index (χ3v) is 1.22. The van der Waals surface area contributed by atoms with Crippen molar-refractivity contribution in [3.8, 4) is 0 Å². The fourth-order valence-corrected chi connectivity index (χ4v) is 0.627. The van der Waals surface area contributed by atoms with E-state index in [1.54, 1.807) is 30.3 Å². The first-order valence-corrected chi connectivity index (χ1v) is 3.84. The Labute approximate surface area is 85.5 Å². The van der Waals surface area contributed by atoms with E-state index < -0.39 is 11.9 Å². The van der Waals surface area contributed by atoms with Gasteiger partial charge >= 0.3 is 11.9 Å². The maximum absolute atomic E-state index is 10.5. The Morgan fingerprint density at radius 1 is 1.07 bits per heavy atom. The predicted octanol–water partition coefficient (Wildman–Crippen LogP) is 1.34. The van der Waals surface area contributed by atoms with E-state index in [4.69, 9.17) is 10.5 Å². The molecule has 0 aliphatic rings. The lowest BCUT2D eigenvalue weighted by Gasteiger charge is -1.92.